The summed E-state index contributed by atoms with van der Waals surface area (Å²) < 4.78 is 0. The van der Waals surface area contributed by atoms with Crippen molar-refractivity contribution in [3.8, 4) is 0 Å². The number of carbonyl (C=O) groups is 1. The molecule has 1 atom stereocenters. The summed E-state index contributed by atoms with van der Waals surface area (Å²) in [5, 5.41) is 8.17. The molecule has 1 aliphatic carbocycles. The molecule has 1 fully saturated rings. The highest BCUT2D eigenvalue weighted by Gasteiger charge is 2.38. The number of nitrogens with one attached hydrogen (secondary N) is 2. The summed E-state index contributed by atoms with van der Waals surface area (Å²) >= 11 is 1.73. The van der Waals surface area contributed by atoms with E-state index in [1.54, 1.807) is 11.3 Å². The van der Waals surface area contributed by atoms with Crippen molar-refractivity contribution in [1.82, 2.24) is 15.5 Å². The van der Waals surface area contributed by atoms with E-state index in [-0.39, 0.29) is 17.6 Å². The molecule has 2 N–H and O–H groups in total. The van der Waals surface area contributed by atoms with Gasteiger partial charge < -0.3 is 15.5 Å². The number of thiophene rings is 1. The number of likely N-dealkylation sites (N-methyl/N-ethyl adjacent to an activating group) is 1. The van der Waals surface area contributed by atoms with E-state index in [1.807, 2.05) is 20.2 Å². The highest BCUT2D eigenvalue weighted by molar-refractivity contribution is 7.10. The molecular weight excluding hydrogens is 270 g/mol. The van der Waals surface area contributed by atoms with Crippen LogP contribution < -0.4 is 10.6 Å². The summed E-state index contributed by atoms with van der Waals surface area (Å²) in [4.78, 5) is 15.5. The molecule has 0 saturated heterocycles. The average molecular weight is 295 g/mol. The Morgan fingerprint density at radius 3 is 2.70 bits per heavy atom. The first-order valence-electron chi connectivity index (χ1n) is 7.16. The molecule has 0 bridgehead atoms. The van der Waals surface area contributed by atoms with Gasteiger partial charge in [0.2, 0.25) is 0 Å². The molecule has 2 amide bonds. The second kappa shape index (κ2) is 6.14. The van der Waals surface area contributed by atoms with E-state index in [9.17, 15) is 4.79 Å². The van der Waals surface area contributed by atoms with E-state index >= 15 is 0 Å². The van der Waals surface area contributed by atoms with Crippen LogP contribution in [-0.2, 0) is 0 Å². The number of hydrogen-bond acceptors (Lipinski definition) is 3. The van der Waals surface area contributed by atoms with Gasteiger partial charge in [-0.1, -0.05) is 6.07 Å². The Labute approximate surface area is 125 Å². The fraction of sp³-hybridized carbons (Fsp3) is 0.667. The lowest BCUT2D eigenvalue weighted by Crippen LogP contribution is -2.50. The molecule has 0 aromatic carbocycles. The summed E-state index contributed by atoms with van der Waals surface area (Å²) in [6.45, 7) is 4.83. The summed E-state index contributed by atoms with van der Waals surface area (Å²) in [6, 6.07) is 4.32. The summed E-state index contributed by atoms with van der Waals surface area (Å²) in [5.74, 6) is 0.634. The Morgan fingerprint density at radius 2 is 2.20 bits per heavy atom. The van der Waals surface area contributed by atoms with Gasteiger partial charge in [0, 0.05) is 17.0 Å². The van der Waals surface area contributed by atoms with E-state index < -0.39 is 0 Å². The first kappa shape index (κ1) is 15.3. The zero-order valence-electron chi connectivity index (χ0n) is 12.8. The van der Waals surface area contributed by atoms with Crippen molar-refractivity contribution in [2.24, 2.45) is 5.92 Å². The molecule has 1 aromatic rings. The first-order valence-corrected chi connectivity index (χ1v) is 8.04. The quantitative estimate of drug-likeness (QED) is 0.847. The van der Waals surface area contributed by atoms with Gasteiger partial charge in [-0.25, -0.2) is 4.79 Å². The third kappa shape index (κ3) is 3.96. The third-order valence-electron chi connectivity index (χ3n) is 3.98. The van der Waals surface area contributed by atoms with Gasteiger partial charge in [-0.3, -0.25) is 0 Å². The maximum absolute atomic E-state index is 12.1. The Kier molecular flexibility index (Phi) is 4.70. The topological polar surface area (TPSA) is 44.4 Å². The molecule has 112 valence electrons. The molecule has 5 heteroatoms. The fourth-order valence-electron chi connectivity index (χ4n) is 2.45. The van der Waals surface area contributed by atoms with E-state index in [2.05, 4.69) is 40.8 Å². The Morgan fingerprint density at radius 1 is 1.50 bits per heavy atom. The second-order valence-electron chi connectivity index (χ2n) is 6.33. The minimum atomic E-state index is -0.0966. The van der Waals surface area contributed by atoms with Crippen LogP contribution in [0.1, 0.15) is 37.6 Å². The van der Waals surface area contributed by atoms with E-state index in [4.69, 9.17) is 0 Å². The van der Waals surface area contributed by atoms with Crippen LogP contribution in [0, 0.1) is 5.92 Å². The smallest absolute Gasteiger partial charge is 0.315 e. The number of urea groups is 1. The van der Waals surface area contributed by atoms with Crippen LogP contribution in [0.15, 0.2) is 17.5 Å². The van der Waals surface area contributed by atoms with Crippen molar-refractivity contribution in [3.05, 3.63) is 22.4 Å². The van der Waals surface area contributed by atoms with Gasteiger partial charge in [0.1, 0.15) is 0 Å². The van der Waals surface area contributed by atoms with Gasteiger partial charge in [0.05, 0.1) is 6.04 Å². The van der Waals surface area contributed by atoms with Gasteiger partial charge in [0.25, 0.3) is 0 Å². The largest absolute Gasteiger partial charge is 0.336 e. The van der Waals surface area contributed by atoms with Crippen LogP contribution in [0.25, 0.3) is 0 Å². The molecule has 1 heterocycles. The molecule has 2 rings (SSSR count). The number of rotatable bonds is 6. The Balaban J connectivity index is 1.85. The van der Waals surface area contributed by atoms with Crippen LogP contribution in [0.3, 0.4) is 0 Å². The molecule has 4 nitrogen and oxygen atoms in total. The van der Waals surface area contributed by atoms with Crippen molar-refractivity contribution < 1.29 is 4.79 Å². The molecule has 1 saturated carbocycles. The van der Waals surface area contributed by atoms with Gasteiger partial charge in [-0.2, -0.15) is 0 Å². The number of hydrogen-bond donors (Lipinski definition) is 2. The maximum Gasteiger partial charge on any atom is 0.315 e. The number of amides is 2. The molecule has 1 aromatic heterocycles. The van der Waals surface area contributed by atoms with E-state index in [0.717, 1.165) is 0 Å². The van der Waals surface area contributed by atoms with Crippen molar-refractivity contribution >= 4 is 17.4 Å². The molecule has 1 aliphatic rings. The Bertz CT molecular complexity index is 438. The second-order valence-corrected chi connectivity index (χ2v) is 7.31. The van der Waals surface area contributed by atoms with Gasteiger partial charge >= 0.3 is 6.03 Å². The van der Waals surface area contributed by atoms with Crippen LogP contribution in [-0.4, -0.2) is 37.1 Å². The van der Waals surface area contributed by atoms with Crippen molar-refractivity contribution in [3.63, 3.8) is 0 Å². The highest BCUT2D eigenvalue weighted by Crippen LogP contribution is 2.39. The molecule has 0 spiro atoms. The lowest BCUT2D eigenvalue weighted by molar-refractivity contribution is 0.219. The average Bonchev–Trinajstić information content (AvgIpc) is 3.08. The standard InChI is InChI=1S/C15H25N3OS/c1-15(2,11-7-8-11)17-14(19)16-10-12(18(3)4)13-6-5-9-20-13/h5-6,9,11-12H,7-8,10H2,1-4H3,(H2,16,17,19)/t12-/m0/s1. The predicted octanol–water partition coefficient (Wildman–Crippen LogP) is 2.84. The van der Waals surface area contributed by atoms with Crippen molar-refractivity contribution in [1.29, 1.82) is 0 Å². The van der Waals surface area contributed by atoms with Crippen LogP contribution in [0.5, 0.6) is 0 Å². The van der Waals surface area contributed by atoms with E-state index in [1.165, 1.54) is 17.7 Å². The molecule has 0 aliphatic heterocycles. The van der Waals surface area contributed by atoms with Crippen molar-refractivity contribution in [2.45, 2.75) is 38.3 Å². The molecule has 20 heavy (non-hydrogen) atoms. The molecule has 0 radical (unpaired) electrons. The minimum absolute atomic E-state index is 0.0645. The fourth-order valence-corrected chi connectivity index (χ4v) is 3.37. The highest BCUT2D eigenvalue weighted by atomic mass is 32.1. The van der Waals surface area contributed by atoms with Gasteiger partial charge in [-0.05, 0) is 58.1 Å². The number of carbonyl (C=O) groups excluding carboxylic acids is 1. The van der Waals surface area contributed by atoms with Crippen molar-refractivity contribution in [2.75, 3.05) is 20.6 Å². The zero-order chi connectivity index (χ0) is 14.8. The zero-order valence-corrected chi connectivity index (χ0v) is 13.6. The first-order chi connectivity index (χ1) is 9.40. The van der Waals surface area contributed by atoms with Crippen LogP contribution in [0.4, 0.5) is 4.79 Å². The minimum Gasteiger partial charge on any atom is -0.336 e. The predicted molar refractivity (Wildman–Crippen MR) is 84.1 cm³/mol. The molecule has 0 unspecified atom stereocenters. The summed E-state index contributed by atoms with van der Waals surface area (Å²) in [6.07, 6.45) is 2.45. The van der Waals surface area contributed by atoms with Gasteiger partial charge in [0.15, 0.2) is 0 Å². The summed E-state index contributed by atoms with van der Waals surface area (Å²) in [7, 11) is 4.08. The SMILES string of the molecule is CN(C)[C@@H](CNC(=O)NC(C)(C)C1CC1)c1cccs1. The number of nitrogens with zero attached hydrogens (tertiary/aromatic N) is 1. The maximum atomic E-state index is 12.1. The van der Waals surface area contributed by atoms with E-state index in [0.29, 0.717) is 12.5 Å². The van der Waals surface area contributed by atoms with Crippen LogP contribution >= 0.6 is 11.3 Å². The Hall–Kier alpha value is -1.07. The normalized spacial score (nSPS) is 17.1. The summed E-state index contributed by atoms with van der Waals surface area (Å²) in [5.41, 5.74) is -0.0966. The third-order valence-corrected chi connectivity index (χ3v) is 4.96. The lowest BCUT2D eigenvalue weighted by atomic mass is 9.99. The monoisotopic (exact) mass is 295 g/mol. The molecular formula is C15H25N3OS. The lowest BCUT2D eigenvalue weighted by Gasteiger charge is -2.28. The van der Waals surface area contributed by atoms with Crippen LogP contribution in [0.2, 0.25) is 0 Å². The van der Waals surface area contributed by atoms with Gasteiger partial charge in [-0.15, -0.1) is 11.3 Å².